The fourth-order valence-electron chi connectivity index (χ4n) is 2.63. The van der Waals surface area contributed by atoms with Crippen molar-refractivity contribution < 1.29 is 9.50 Å². The topological polar surface area (TPSA) is 25.2 Å². The van der Waals surface area contributed by atoms with Crippen molar-refractivity contribution in [1.82, 2.24) is 4.57 Å². The van der Waals surface area contributed by atoms with Crippen molar-refractivity contribution in [3.05, 3.63) is 41.3 Å². The molecule has 3 rings (SSSR count). The van der Waals surface area contributed by atoms with Crippen LogP contribution in [0, 0.1) is 5.82 Å². The largest absolute Gasteiger partial charge is 0.392 e. The summed E-state index contributed by atoms with van der Waals surface area (Å²) in [6.07, 6.45) is 4.65. The molecule has 3 heteroatoms. The highest BCUT2D eigenvalue weighted by atomic mass is 19.1. The predicted molar refractivity (Wildman–Crippen MR) is 66.2 cm³/mol. The van der Waals surface area contributed by atoms with Crippen LogP contribution in [-0.2, 0) is 13.5 Å². The lowest BCUT2D eigenvalue weighted by atomic mass is 10.0. The summed E-state index contributed by atoms with van der Waals surface area (Å²) in [7, 11) is 1.93. The second kappa shape index (κ2) is 3.70. The van der Waals surface area contributed by atoms with E-state index in [0.29, 0.717) is 18.2 Å². The van der Waals surface area contributed by atoms with Gasteiger partial charge >= 0.3 is 0 Å². The van der Waals surface area contributed by atoms with E-state index in [9.17, 15) is 9.50 Å². The van der Waals surface area contributed by atoms with Crippen LogP contribution in [0.5, 0.6) is 0 Å². The number of halogens is 1. The summed E-state index contributed by atoms with van der Waals surface area (Å²) in [6.45, 7) is 0. The van der Waals surface area contributed by atoms with Gasteiger partial charge in [-0.15, -0.1) is 0 Å². The fraction of sp³-hybridized carbons (Fsp3) is 0.286. The monoisotopic (exact) mass is 231 g/mol. The molecule has 17 heavy (non-hydrogen) atoms. The van der Waals surface area contributed by atoms with Crippen LogP contribution >= 0.6 is 0 Å². The van der Waals surface area contributed by atoms with E-state index in [4.69, 9.17) is 0 Å². The molecule has 1 atom stereocenters. The molecule has 0 bridgehead atoms. The van der Waals surface area contributed by atoms with Gasteiger partial charge < -0.3 is 9.67 Å². The van der Waals surface area contributed by atoms with Crippen LogP contribution < -0.4 is 0 Å². The summed E-state index contributed by atoms with van der Waals surface area (Å²) < 4.78 is 15.9. The average molecular weight is 231 g/mol. The molecular formula is C14H14FNO. The van der Waals surface area contributed by atoms with E-state index in [1.54, 1.807) is 6.07 Å². The minimum Gasteiger partial charge on any atom is -0.392 e. The Labute approximate surface area is 99.0 Å². The number of fused-ring (bicyclic) bond motifs is 3. The van der Waals surface area contributed by atoms with Gasteiger partial charge in [-0.25, -0.2) is 4.39 Å². The van der Waals surface area contributed by atoms with Crippen LogP contribution in [0.3, 0.4) is 0 Å². The van der Waals surface area contributed by atoms with E-state index in [0.717, 1.165) is 16.8 Å². The molecule has 1 aromatic heterocycles. The third kappa shape index (κ3) is 1.50. The Morgan fingerprint density at radius 3 is 3.06 bits per heavy atom. The number of aryl methyl sites for hydroxylation is 1. The average Bonchev–Trinajstić information content (AvgIpc) is 2.47. The fourth-order valence-corrected chi connectivity index (χ4v) is 2.63. The number of hydrogen-bond acceptors (Lipinski definition) is 1. The number of nitrogens with zero attached hydrogens (tertiary/aromatic N) is 1. The molecule has 1 aliphatic carbocycles. The van der Waals surface area contributed by atoms with E-state index in [2.05, 4.69) is 0 Å². The summed E-state index contributed by atoms with van der Waals surface area (Å²) in [4.78, 5) is 0. The molecule has 0 amide bonds. The van der Waals surface area contributed by atoms with Gasteiger partial charge in [-0.3, -0.25) is 0 Å². The number of aliphatic hydroxyl groups is 1. The molecule has 0 radical (unpaired) electrons. The maximum Gasteiger partial charge on any atom is 0.132 e. The maximum atomic E-state index is 13.9. The Hall–Kier alpha value is -1.61. The zero-order valence-electron chi connectivity index (χ0n) is 9.65. The number of rotatable bonds is 0. The van der Waals surface area contributed by atoms with Crippen molar-refractivity contribution in [2.45, 2.75) is 18.9 Å². The predicted octanol–water partition coefficient (Wildman–Crippen LogP) is 2.64. The SMILES string of the molecule is Cn1c2c(c3c(F)cccc31)CC(O)CC=C2. The number of aliphatic hydroxyl groups excluding tert-OH is 1. The summed E-state index contributed by atoms with van der Waals surface area (Å²) in [5.41, 5.74) is 2.80. The van der Waals surface area contributed by atoms with E-state index < -0.39 is 6.10 Å². The van der Waals surface area contributed by atoms with Gasteiger partial charge in [-0.05, 0) is 30.2 Å². The molecule has 0 saturated carbocycles. The Morgan fingerprint density at radius 1 is 1.41 bits per heavy atom. The lowest BCUT2D eigenvalue weighted by Crippen LogP contribution is -2.08. The number of hydrogen-bond donors (Lipinski definition) is 1. The van der Waals surface area contributed by atoms with Gasteiger partial charge in [0.25, 0.3) is 0 Å². The zero-order chi connectivity index (χ0) is 12.0. The van der Waals surface area contributed by atoms with Gasteiger partial charge in [0.05, 0.1) is 11.6 Å². The third-order valence-corrected chi connectivity index (χ3v) is 3.45. The summed E-state index contributed by atoms with van der Waals surface area (Å²) in [5, 5.41) is 10.5. The first-order chi connectivity index (χ1) is 8.18. The minimum atomic E-state index is -0.419. The van der Waals surface area contributed by atoms with Gasteiger partial charge in [0.2, 0.25) is 0 Å². The van der Waals surface area contributed by atoms with Gasteiger partial charge in [-0.2, -0.15) is 0 Å². The second-order valence-corrected chi connectivity index (χ2v) is 4.55. The quantitative estimate of drug-likeness (QED) is 0.740. The van der Waals surface area contributed by atoms with Crippen molar-refractivity contribution in [2.24, 2.45) is 7.05 Å². The first-order valence-corrected chi connectivity index (χ1v) is 5.79. The van der Waals surface area contributed by atoms with Crippen LogP contribution in [0.1, 0.15) is 17.7 Å². The van der Waals surface area contributed by atoms with Crippen LogP contribution in [-0.4, -0.2) is 15.8 Å². The number of aromatic nitrogens is 1. The van der Waals surface area contributed by atoms with Gasteiger partial charge in [0.1, 0.15) is 5.82 Å². The molecule has 0 spiro atoms. The second-order valence-electron chi connectivity index (χ2n) is 4.55. The summed E-state index contributed by atoms with van der Waals surface area (Å²) in [5.74, 6) is -0.207. The molecule has 2 aromatic rings. The van der Waals surface area contributed by atoms with Gasteiger partial charge in [-0.1, -0.05) is 12.1 Å². The Morgan fingerprint density at radius 2 is 2.24 bits per heavy atom. The highest BCUT2D eigenvalue weighted by Crippen LogP contribution is 2.31. The van der Waals surface area contributed by atoms with Gasteiger partial charge in [0.15, 0.2) is 0 Å². The van der Waals surface area contributed by atoms with E-state index in [-0.39, 0.29) is 5.82 Å². The molecule has 1 unspecified atom stereocenters. The Balaban J connectivity index is 2.40. The van der Waals surface area contributed by atoms with Crippen LogP contribution in [0.4, 0.5) is 4.39 Å². The van der Waals surface area contributed by atoms with Crippen molar-refractivity contribution in [2.75, 3.05) is 0 Å². The molecule has 1 aliphatic rings. The van der Waals surface area contributed by atoms with Crippen molar-refractivity contribution in [3.63, 3.8) is 0 Å². The Bertz CT molecular complexity index is 612. The lowest BCUT2D eigenvalue weighted by molar-refractivity contribution is 0.179. The summed E-state index contributed by atoms with van der Waals surface area (Å²) in [6, 6.07) is 5.11. The summed E-state index contributed by atoms with van der Waals surface area (Å²) >= 11 is 0. The van der Waals surface area contributed by atoms with E-state index >= 15 is 0 Å². The molecule has 1 aromatic carbocycles. The normalized spacial score (nSPS) is 19.4. The first kappa shape index (κ1) is 10.5. The molecule has 2 nitrogen and oxygen atoms in total. The molecule has 0 saturated heterocycles. The number of benzene rings is 1. The molecule has 88 valence electrons. The standard InChI is InChI=1S/C14H14FNO/c1-16-12-6-2-4-9(17)8-10(12)14-11(15)5-3-7-13(14)16/h2-3,5-7,9,17H,4,8H2,1H3. The molecule has 0 fully saturated rings. The Kier molecular flexibility index (Phi) is 2.30. The molecule has 1 heterocycles. The minimum absolute atomic E-state index is 0.207. The van der Waals surface area contributed by atoms with Crippen molar-refractivity contribution in [3.8, 4) is 0 Å². The maximum absolute atomic E-state index is 13.9. The molecular weight excluding hydrogens is 217 g/mol. The van der Waals surface area contributed by atoms with Crippen molar-refractivity contribution in [1.29, 1.82) is 0 Å². The van der Waals surface area contributed by atoms with Crippen LogP contribution in [0.25, 0.3) is 17.0 Å². The smallest absolute Gasteiger partial charge is 0.132 e. The zero-order valence-corrected chi connectivity index (χ0v) is 9.65. The van der Waals surface area contributed by atoms with E-state index in [1.165, 1.54) is 6.07 Å². The highest BCUT2D eigenvalue weighted by molar-refractivity contribution is 5.89. The first-order valence-electron chi connectivity index (χ1n) is 5.79. The van der Waals surface area contributed by atoms with E-state index in [1.807, 2.05) is 29.8 Å². The lowest BCUT2D eigenvalue weighted by Gasteiger charge is -2.05. The molecule has 0 aliphatic heterocycles. The van der Waals surface area contributed by atoms with Gasteiger partial charge in [0, 0.05) is 24.5 Å². The van der Waals surface area contributed by atoms with Crippen molar-refractivity contribution >= 4 is 17.0 Å². The molecule has 1 N–H and O–H groups in total. The van der Waals surface area contributed by atoms with Crippen LogP contribution in [0.15, 0.2) is 24.3 Å². The third-order valence-electron chi connectivity index (χ3n) is 3.45. The highest BCUT2D eigenvalue weighted by Gasteiger charge is 2.20. The van der Waals surface area contributed by atoms with Crippen LogP contribution in [0.2, 0.25) is 0 Å².